The summed E-state index contributed by atoms with van der Waals surface area (Å²) in [4.78, 5) is 20.6. The maximum Gasteiger partial charge on any atom is 0.321 e. The van der Waals surface area contributed by atoms with Crippen LogP contribution in [0.25, 0.3) is 0 Å². The van der Waals surface area contributed by atoms with Crippen LogP contribution in [0.4, 0.5) is 16.3 Å². The van der Waals surface area contributed by atoms with Crippen molar-refractivity contribution in [3.63, 3.8) is 0 Å². The maximum absolute atomic E-state index is 12.2. The van der Waals surface area contributed by atoms with Crippen molar-refractivity contribution in [3.05, 3.63) is 18.3 Å². The third-order valence-corrected chi connectivity index (χ3v) is 4.36. The first-order chi connectivity index (χ1) is 10.7. The zero-order valence-corrected chi connectivity index (χ0v) is 12.9. The fraction of sp³-hybridized carbons (Fsp3) is 0.625. The molecule has 1 atom stereocenters. The summed E-state index contributed by atoms with van der Waals surface area (Å²) in [6.45, 7) is 3.22. The Hall–Kier alpha value is -1.82. The molecule has 0 saturated carbocycles. The number of hydrogen-bond donors (Lipinski definition) is 2. The van der Waals surface area contributed by atoms with Gasteiger partial charge in [-0.2, -0.15) is 0 Å². The van der Waals surface area contributed by atoms with Crippen LogP contribution in [0.5, 0.6) is 0 Å². The van der Waals surface area contributed by atoms with E-state index in [-0.39, 0.29) is 6.03 Å². The molecular weight excluding hydrogens is 280 g/mol. The highest BCUT2D eigenvalue weighted by Crippen LogP contribution is 2.19. The summed E-state index contributed by atoms with van der Waals surface area (Å²) in [5, 5.41) is 12.5. The summed E-state index contributed by atoms with van der Waals surface area (Å²) >= 11 is 0. The van der Waals surface area contributed by atoms with Crippen LogP contribution in [0, 0.1) is 0 Å². The molecule has 0 unspecified atom stereocenters. The van der Waals surface area contributed by atoms with Crippen LogP contribution < -0.4 is 10.2 Å². The van der Waals surface area contributed by atoms with Crippen molar-refractivity contribution in [1.82, 2.24) is 9.88 Å². The van der Waals surface area contributed by atoms with E-state index in [4.69, 9.17) is 0 Å². The van der Waals surface area contributed by atoms with Crippen molar-refractivity contribution in [1.29, 1.82) is 0 Å². The number of anilines is 2. The summed E-state index contributed by atoms with van der Waals surface area (Å²) in [5.74, 6) is 0.978. The van der Waals surface area contributed by atoms with E-state index >= 15 is 0 Å². The second kappa shape index (κ2) is 6.96. The van der Waals surface area contributed by atoms with Crippen molar-refractivity contribution in [2.75, 3.05) is 36.4 Å². The molecule has 2 aliphatic rings. The van der Waals surface area contributed by atoms with Gasteiger partial charge in [-0.05, 0) is 44.2 Å². The molecule has 3 heterocycles. The van der Waals surface area contributed by atoms with Gasteiger partial charge in [0.15, 0.2) is 0 Å². The van der Waals surface area contributed by atoms with E-state index < -0.39 is 6.10 Å². The largest absolute Gasteiger partial charge is 0.391 e. The number of carbonyl (C=O) groups is 1. The van der Waals surface area contributed by atoms with Crippen LogP contribution in [0.3, 0.4) is 0 Å². The molecule has 2 fully saturated rings. The van der Waals surface area contributed by atoms with E-state index in [1.54, 1.807) is 11.1 Å². The molecule has 0 bridgehead atoms. The number of rotatable bonds is 2. The first-order valence-corrected chi connectivity index (χ1v) is 8.17. The minimum Gasteiger partial charge on any atom is -0.391 e. The molecule has 0 aromatic carbocycles. The average molecular weight is 304 g/mol. The number of nitrogens with zero attached hydrogens (tertiary/aromatic N) is 3. The number of piperidine rings is 2. The smallest absolute Gasteiger partial charge is 0.321 e. The Morgan fingerprint density at radius 3 is 2.68 bits per heavy atom. The molecule has 6 nitrogen and oxygen atoms in total. The quantitative estimate of drug-likeness (QED) is 0.877. The monoisotopic (exact) mass is 304 g/mol. The van der Waals surface area contributed by atoms with Gasteiger partial charge >= 0.3 is 6.03 Å². The molecule has 0 spiro atoms. The van der Waals surface area contributed by atoms with Crippen LogP contribution >= 0.6 is 0 Å². The zero-order chi connectivity index (χ0) is 15.4. The Labute approximate surface area is 131 Å². The predicted molar refractivity (Wildman–Crippen MR) is 86.1 cm³/mol. The third kappa shape index (κ3) is 3.68. The number of aliphatic hydroxyl groups excluding tert-OH is 1. The SMILES string of the molecule is O=C(Nc1ccc(N2CCCCC2)nc1)N1CCC[C@H](O)C1. The lowest BCUT2D eigenvalue weighted by molar-refractivity contribution is 0.0883. The van der Waals surface area contributed by atoms with Crippen LogP contribution in [0.1, 0.15) is 32.1 Å². The van der Waals surface area contributed by atoms with E-state index in [1.807, 2.05) is 12.1 Å². The first-order valence-electron chi connectivity index (χ1n) is 8.17. The van der Waals surface area contributed by atoms with Gasteiger partial charge in [0.05, 0.1) is 18.0 Å². The molecule has 22 heavy (non-hydrogen) atoms. The van der Waals surface area contributed by atoms with Gasteiger partial charge in [0.1, 0.15) is 5.82 Å². The first kappa shape index (κ1) is 15.1. The number of β-amino-alcohol motifs (C(OH)–C–C–N with tert-alkyl or cyclic N) is 1. The molecule has 1 aromatic heterocycles. The number of hydrogen-bond acceptors (Lipinski definition) is 4. The summed E-state index contributed by atoms with van der Waals surface area (Å²) in [6, 6.07) is 3.70. The molecule has 0 aliphatic carbocycles. The highest BCUT2D eigenvalue weighted by atomic mass is 16.3. The van der Waals surface area contributed by atoms with Gasteiger partial charge in [0.2, 0.25) is 0 Å². The van der Waals surface area contributed by atoms with Crippen molar-refractivity contribution in [2.45, 2.75) is 38.2 Å². The number of carbonyl (C=O) groups excluding carboxylic acids is 1. The molecule has 0 radical (unpaired) electrons. The number of aromatic nitrogens is 1. The Bertz CT molecular complexity index is 499. The molecule has 2 N–H and O–H groups in total. The Morgan fingerprint density at radius 2 is 2.00 bits per heavy atom. The molecule has 3 rings (SSSR count). The number of pyridine rings is 1. The van der Waals surface area contributed by atoms with E-state index in [1.165, 1.54) is 19.3 Å². The van der Waals surface area contributed by atoms with Gasteiger partial charge < -0.3 is 20.2 Å². The highest BCUT2D eigenvalue weighted by molar-refractivity contribution is 5.89. The number of amides is 2. The normalized spacial score (nSPS) is 22.5. The Kier molecular flexibility index (Phi) is 4.77. The number of likely N-dealkylation sites (tertiary alicyclic amines) is 1. The standard InChI is InChI=1S/C16H24N4O2/c21-14-5-4-10-20(12-14)16(22)18-13-6-7-15(17-11-13)19-8-2-1-3-9-19/h6-7,11,14,21H,1-5,8-10,12H2,(H,18,22)/t14-/m0/s1. The molecule has 2 saturated heterocycles. The van der Waals surface area contributed by atoms with E-state index in [2.05, 4.69) is 15.2 Å². The Balaban J connectivity index is 1.57. The Morgan fingerprint density at radius 1 is 1.18 bits per heavy atom. The van der Waals surface area contributed by atoms with Crippen LogP contribution in [0.15, 0.2) is 18.3 Å². The van der Waals surface area contributed by atoms with Crippen molar-refractivity contribution < 1.29 is 9.90 Å². The maximum atomic E-state index is 12.2. The van der Waals surface area contributed by atoms with Crippen molar-refractivity contribution in [3.8, 4) is 0 Å². The zero-order valence-electron chi connectivity index (χ0n) is 12.9. The number of aliphatic hydroxyl groups is 1. The van der Waals surface area contributed by atoms with Crippen LogP contribution in [0.2, 0.25) is 0 Å². The molecule has 6 heteroatoms. The fourth-order valence-corrected chi connectivity index (χ4v) is 3.11. The van der Waals surface area contributed by atoms with Gasteiger partial charge in [-0.3, -0.25) is 0 Å². The van der Waals surface area contributed by atoms with Crippen LogP contribution in [-0.2, 0) is 0 Å². The lowest BCUT2D eigenvalue weighted by Gasteiger charge is -2.30. The van der Waals surface area contributed by atoms with Crippen molar-refractivity contribution >= 4 is 17.5 Å². The van der Waals surface area contributed by atoms with Gasteiger partial charge in [0.25, 0.3) is 0 Å². The minimum absolute atomic E-state index is 0.161. The summed E-state index contributed by atoms with van der Waals surface area (Å²) in [5.41, 5.74) is 0.700. The molecule has 2 aliphatic heterocycles. The molecular formula is C16H24N4O2. The topological polar surface area (TPSA) is 68.7 Å². The van der Waals surface area contributed by atoms with E-state index in [0.717, 1.165) is 31.7 Å². The fourth-order valence-electron chi connectivity index (χ4n) is 3.11. The molecule has 1 aromatic rings. The lowest BCUT2D eigenvalue weighted by atomic mass is 10.1. The van der Waals surface area contributed by atoms with Crippen molar-refractivity contribution in [2.24, 2.45) is 0 Å². The summed E-state index contributed by atoms with van der Waals surface area (Å²) in [7, 11) is 0. The minimum atomic E-state index is -0.404. The molecule has 2 amide bonds. The van der Waals surface area contributed by atoms with Gasteiger partial charge in [0, 0.05) is 26.2 Å². The number of urea groups is 1. The van der Waals surface area contributed by atoms with Gasteiger partial charge in [-0.25, -0.2) is 9.78 Å². The van der Waals surface area contributed by atoms with Crippen LogP contribution in [-0.4, -0.2) is 53.3 Å². The average Bonchev–Trinajstić information content (AvgIpc) is 2.56. The summed E-state index contributed by atoms with van der Waals surface area (Å²) in [6.07, 6.45) is 6.67. The van der Waals surface area contributed by atoms with Gasteiger partial charge in [-0.15, -0.1) is 0 Å². The number of nitrogens with one attached hydrogen (secondary N) is 1. The predicted octanol–water partition coefficient (Wildman–Crippen LogP) is 2.06. The van der Waals surface area contributed by atoms with Gasteiger partial charge in [-0.1, -0.05) is 0 Å². The third-order valence-electron chi connectivity index (χ3n) is 4.36. The lowest BCUT2D eigenvalue weighted by Crippen LogP contribution is -2.44. The summed E-state index contributed by atoms with van der Waals surface area (Å²) < 4.78 is 0. The highest BCUT2D eigenvalue weighted by Gasteiger charge is 2.22. The second-order valence-electron chi connectivity index (χ2n) is 6.13. The van der Waals surface area contributed by atoms with E-state index in [9.17, 15) is 9.90 Å². The van der Waals surface area contributed by atoms with E-state index in [0.29, 0.717) is 18.8 Å². The molecule has 120 valence electrons. The second-order valence-corrected chi connectivity index (χ2v) is 6.13.